The number of sulfone groups is 1. The minimum absolute atomic E-state index is 0. The molecular formula is C16H34IN5O2S. The summed E-state index contributed by atoms with van der Waals surface area (Å²) in [6, 6.07) is 0. The first-order chi connectivity index (χ1) is 11.2. The number of rotatable bonds is 3. The number of aliphatic imine (C=N–C) groups is 1. The lowest BCUT2D eigenvalue weighted by Crippen LogP contribution is -2.57. The maximum atomic E-state index is 12.1. The fourth-order valence-corrected chi connectivity index (χ4v) is 4.67. The predicted molar refractivity (Wildman–Crippen MR) is 115 cm³/mol. The molecule has 2 aliphatic heterocycles. The van der Waals surface area contributed by atoms with Crippen LogP contribution in [0.15, 0.2) is 4.99 Å². The van der Waals surface area contributed by atoms with Gasteiger partial charge in [-0.25, -0.2) is 8.42 Å². The van der Waals surface area contributed by atoms with Gasteiger partial charge in [-0.05, 0) is 40.4 Å². The topological polar surface area (TPSA) is 68.2 Å². The molecule has 0 radical (unpaired) electrons. The van der Waals surface area contributed by atoms with Gasteiger partial charge in [0.25, 0.3) is 0 Å². The van der Waals surface area contributed by atoms with E-state index < -0.39 is 14.6 Å². The second-order valence-corrected chi connectivity index (χ2v) is 10.2. The van der Waals surface area contributed by atoms with E-state index in [2.05, 4.69) is 32.1 Å². The number of guanidine groups is 1. The fraction of sp³-hybridized carbons (Fsp3) is 0.938. The molecule has 0 aliphatic carbocycles. The summed E-state index contributed by atoms with van der Waals surface area (Å²) < 4.78 is 23.6. The smallest absolute Gasteiger partial charge is 0.193 e. The van der Waals surface area contributed by atoms with Gasteiger partial charge in [0.2, 0.25) is 0 Å². The molecule has 0 aromatic heterocycles. The maximum absolute atomic E-state index is 12.1. The van der Waals surface area contributed by atoms with Crippen LogP contribution in [0.25, 0.3) is 0 Å². The van der Waals surface area contributed by atoms with Crippen LogP contribution >= 0.6 is 24.0 Å². The molecule has 0 atom stereocenters. The number of hydrogen-bond donors (Lipinski definition) is 1. The van der Waals surface area contributed by atoms with Gasteiger partial charge in [-0.15, -0.1) is 24.0 Å². The number of nitrogens with one attached hydrogen (secondary N) is 1. The van der Waals surface area contributed by atoms with Crippen LogP contribution in [0.1, 0.15) is 20.3 Å². The highest BCUT2D eigenvalue weighted by molar-refractivity contribution is 14.0. The summed E-state index contributed by atoms with van der Waals surface area (Å²) in [6.45, 7) is 11.0. The number of likely N-dealkylation sites (N-methyl/N-ethyl adjacent to an activating group) is 1. The summed E-state index contributed by atoms with van der Waals surface area (Å²) >= 11 is 0. The monoisotopic (exact) mass is 487 g/mol. The van der Waals surface area contributed by atoms with Crippen molar-refractivity contribution in [1.29, 1.82) is 0 Å². The van der Waals surface area contributed by atoms with Crippen LogP contribution in [0.4, 0.5) is 0 Å². The second-order valence-electron chi connectivity index (χ2n) is 7.47. The lowest BCUT2D eigenvalue weighted by molar-refractivity contribution is 0.277. The van der Waals surface area contributed by atoms with E-state index in [9.17, 15) is 8.42 Å². The zero-order chi connectivity index (χ0) is 17.8. The van der Waals surface area contributed by atoms with Gasteiger partial charge in [-0.3, -0.25) is 4.99 Å². The Labute approximate surface area is 170 Å². The summed E-state index contributed by atoms with van der Waals surface area (Å²) in [7, 11) is 0.920. The van der Waals surface area contributed by atoms with Gasteiger partial charge < -0.3 is 20.0 Å². The van der Waals surface area contributed by atoms with E-state index >= 15 is 0 Å². The molecule has 7 nitrogen and oxygen atoms in total. The Morgan fingerprint density at radius 3 is 2.52 bits per heavy atom. The van der Waals surface area contributed by atoms with Crippen molar-refractivity contribution < 1.29 is 8.42 Å². The normalized spacial score (nSPS) is 25.1. The first kappa shape index (κ1) is 22.9. The summed E-state index contributed by atoms with van der Waals surface area (Å²) in [6.07, 6.45) is 1.21. The predicted octanol–water partition coefficient (Wildman–Crippen LogP) is 0.326. The van der Waals surface area contributed by atoms with Crippen molar-refractivity contribution in [1.82, 2.24) is 20.0 Å². The first-order valence-corrected chi connectivity index (χ1v) is 10.5. The lowest BCUT2D eigenvalue weighted by atomic mass is 10.2. The largest absolute Gasteiger partial charge is 0.355 e. The molecule has 9 heteroatoms. The van der Waals surface area contributed by atoms with Gasteiger partial charge in [0, 0.05) is 46.3 Å². The molecular weight excluding hydrogens is 453 g/mol. The van der Waals surface area contributed by atoms with Crippen molar-refractivity contribution in [3.63, 3.8) is 0 Å². The van der Waals surface area contributed by atoms with Crippen LogP contribution in [-0.4, -0.2) is 106 Å². The molecule has 0 aromatic carbocycles. The Morgan fingerprint density at radius 2 is 1.88 bits per heavy atom. The molecule has 2 aliphatic rings. The van der Waals surface area contributed by atoms with Gasteiger partial charge in [-0.1, -0.05) is 0 Å². The Hall–Kier alpha value is -0.130. The number of halogens is 1. The van der Waals surface area contributed by atoms with E-state index in [1.807, 2.05) is 0 Å². The van der Waals surface area contributed by atoms with E-state index in [1.165, 1.54) is 13.0 Å². The quantitative estimate of drug-likeness (QED) is 0.352. The van der Waals surface area contributed by atoms with E-state index in [0.717, 1.165) is 38.7 Å². The number of nitrogens with zero attached hydrogens (tertiary/aromatic N) is 4. The summed E-state index contributed by atoms with van der Waals surface area (Å²) in [5.41, 5.74) is 0. The maximum Gasteiger partial charge on any atom is 0.193 e. The lowest BCUT2D eigenvalue weighted by Gasteiger charge is -2.39. The molecule has 0 amide bonds. The highest BCUT2D eigenvalue weighted by Crippen LogP contribution is 2.23. The van der Waals surface area contributed by atoms with E-state index in [1.54, 1.807) is 20.9 Å². The van der Waals surface area contributed by atoms with Crippen LogP contribution in [0.5, 0.6) is 0 Å². The molecule has 2 heterocycles. The zero-order valence-corrected chi connectivity index (χ0v) is 19.1. The Bertz CT molecular complexity index is 553. The molecule has 0 aromatic rings. The van der Waals surface area contributed by atoms with E-state index in [4.69, 9.17) is 0 Å². The van der Waals surface area contributed by atoms with Crippen LogP contribution in [0.3, 0.4) is 0 Å². The summed E-state index contributed by atoms with van der Waals surface area (Å²) in [4.78, 5) is 11.3. The molecule has 2 fully saturated rings. The second kappa shape index (κ2) is 9.70. The molecule has 2 rings (SSSR count). The molecule has 0 unspecified atom stereocenters. The molecule has 148 valence electrons. The third-order valence-corrected chi connectivity index (χ3v) is 7.61. The average molecular weight is 487 g/mol. The fourth-order valence-electron chi connectivity index (χ4n) is 3.31. The van der Waals surface area contributed by atoms with Crippen LogP contribution in [0.2, 0.25) is 0 Å². The molecule has 1 N–H and O–H groups in total. The van der Waals surface area contributed by atoms with Crippen LogP contribution in [-0.2, 0) is 9.84 Å². The van der Waals surface area contributed by atoms with Gasteiger partial charge in [0.05, 0.1) is 10.5 Å². The standard InChI is InChI=1S/C16H33N5O2S.HI/c1-16(2)14-21(12-13-24(16,22)23)15(17-3)18-6-9-20-8-5-7-19(4)10-11-20;/h5-14H2,1-4H3,(H,17,18);1H. The van der Waals surface area contributed by atoms with Gasteiger partial charge in [0.1, 0.15) is 0 Å². The highest BCUT2D eigenvalue weighted by Gasteiger charge is 2.40. The Kier molecular flexibility index (Phi) is 8.89. The molecule has 25 heavy (non-hydrogen) atoms. The van der Waals surface area contributed by atoms with Crippen molar-refractivity contribution in [3.8, 4) is 0 Å². The Morgan fingerprint density at radius 1 is 1.16 bits per heavy atom. The van der Waals surface area contributed by atoms with Crippen molar-refractivity contribution in [3.05, 3.63) is 0 Å². The minimum Gasteiger partial charge on any atom is -0.355 e. The van der Waals surface area contributed by atoms with Crippen molar-refractivity contribution in [2.45, 2.75) is 25.0 Å². The van der Waals surface area contributed by atoms with Crippen molar-refractivity contribution in [2.24, 2.45) is 4.99 Å². The van der Waals surface area contributed by atoms with Gasteiger partial charge >= 0.3 is 0 Å². The number of hydrogen-bond acceptors (Lipinski definition) is 5. The SMILES string of the molecule is CN=C(NCCN1CCCN(C)CC1)N1CCS(=O)(=O)C(C)(C)C1.I. The third-order valence-electron chi connectivity index (χ3n) is 5.08. The summed E-state index contributed by atoms with van der Waals surface area (Å²) in [5, 5.41) is 3.41. The van der Waals surface area contributed by atoms with Crippen molar-refractivity contribution >= 4 is 39.8 Å². The van der Waals surface area contributed by atoms with E-state index in [0.29, 0.717) is 13.1 Å². The molecule has 0 spiro atoms. The van der Waals surface area contributed by atoms with Crippen LogP contribution < -0.4 is 5.32 Å². The minimum atomic E-state index is -3.02. The zero-order valence-electron chi connectivity index (χ0n) is 16.0. The molecule has 2 saturated heterocycles. The highest BCUT2D eigenvalue weighted by atomic mass is 127. The van der Waals surface area contributed by atoms with Crippen molar-refractivity contribution in [2.75, 3.05) is 72.2 Å². The molecule has 0 saturated carbocycles. The van der Waals surface area contributed by atoms with Crippen LogP contribution in [0, 0.1) is 0 Å². The Balaban J connectivity index is 0.00000312. The average Bonchev–Trinajstić information content (AvgIpc) is 2.71. The van der Waals surface area contributed by atoms with Gasteiger partial charge in [0.15, 0.2) is 15.8 Å². The first-order valence-electron chi connectivity index (χ1n) is 8.84. The summed E-state index contributed by atoms with van der Waals surface area (Å²) in [5.74, 6) is 1.00. The third kappa shape index (κ3) is 6.21. The molecule has 0 bridgehead atoms. The van der Waals surface area contributed by atoms with Gasteiger partial charge in [-0.2, -0.15) is 0 Å². The van der Waals surface area contributed by atoms with E-state index in [-0.39, 0.29) is 29.7 Å².